The number of hydrogen-bond acceptors (Lipinski definition) is 4. The summed E-state index contributed by atoms with van der Waals surface area (Å²) in [5, 5.41) is -0.307. The zero-order valence-corrected chi connectivity index (χ0v) is 12.8. The number of carbonyl (C=O) groups is 1. The molecule has 8 heteroatoms. The normalized spacial score (nSPS) is 10.6. The van der Waals surface area contributed by atoms with Gasteiger partial charge < -0.3 is 10.5 Å². The third-order valence-electron chi connectivity index (χ3n) is 2.97. The first-order valence-electron chi connectivity index (χ1n) is 5.98. The van der Waals surface area contributed by atoms with E-state index >= 15 is 0 Å². The Balaban J connectivity index is 2.71. The molecule has 0 bridgehead atoms. The van der Waals surface area contributed by atoms with Crippen molar-refractivity contribution in [3.05, 3.63) is 45.3 Å². The number of methoxy groups -OCH3 is 1. The highest BCUT2D eigenvalue weighted by Gasteiger charge is 2.20. The summed E-state index contributed by atoms with van der Waals surface area (Å²) in [5.41, 5.74) is 5.45. The van der Waals surface area contributed by atoms with Crippen molar-refractivity contribution in [2.75, 3.05) is 12.8 Å². The molecular weight excluding hydrogens is 337 g/mol. The molecule has 2 rings (SSSR count). The molecule has 0 aliphatic heterocycles. The number of benzene rings is 1. The molecule has 4 nitrogen and oxygen atoms in total. The summed E-state index contributed by atoms with van der Waals surface area (Å²) in [6.45, 7) is -1.10. The molecule has 0 radical (unpaired) electrons. The first kappa shape index (κ1) is 16.5. The van der Waals surface area contributed by atoms with Crippen LogP contribution in [0.1, 0.15) is 16.1 Å². The molecular formula is C14H10Cl2F2N2O2. The first-order valence-corrected chi connectivity index (χ1v) is 6.73. The molecule has 116 valence electrons. The molecule has 0 saturated carbocycles. The van der Waals surface area contributed by atoms with E-state index in [-0.39, 0.29) is 38.2 Å². The van der Waals surface area contributed by atoms with Crippen molar-refractivity contribution in [1.29, 1.82) is 0 Å². The highest BCUT2D eigenvalue weighted by molar-refractivity contribution is 6.35. The van der Waals surface area contributed by atoms with Gasteiger partial charge in [0.05, 0.1) is 28.5 Å². The number of nitrogen functional groups attached to an aromatic ring is 1. The average Bonchev–Trinajstić information content (AvgIpc) is 2.51. The van der Waals surface area contributed by atoms with Crippen LogP contribution in [-0.4, -0.2) is 18.1 Å². The van der Waals surface area contributed by atoms with Gasteiger partial charge in [-0.25, -0.2) is 18.6 Å². The van der Waals surface area contributed by atoms with Crippen molar-refractivity contribution in [3.63, 3.8) is 0 Å². The molecule has 0 saturated heterocycles. The standard InChI is InChI=1S/C14H10Cl2F2N2O2/c1-22-14(21)13-11(16)9(19)4-10(20-13)6-2-3-8(15)12(18)7(6)5-17/h2-4H,5H2,1H3,(H2,19,20). The quantitative estimate of drug-likeness (QED) is 0.852. The van der Waals surface area contributed by atoms with Gasteiger partial charge in [-0.1, -0.05) is 29.3 Å². The smallest absolute Gasteiger partial charge is 0.358 e. The van der Waals surface area contributed by atoms with Crippen LogP contribution >= 0.6 is 23.2 Å². The summed E-state index contributed by atoms with van der Waals surface area (Å²) in [7, 11) is 1.15. The van der Waals surface area contributed by atoms with E-state index in [0.29, 0.717) is 0 Å². The van der Waals surface area contributed by atoms with Crippen LogP contribution < -0.4 is 5.73 Å². The Kier molecular flexibility index (Phi) is 4.83. The van der Waals surface area contributed by atoms with E-state index in [1.54, 1.807) is 0 Å². The summed E-state index contributed by atoms with van der Waals surface area (Å²) in [4.78, 5) is 15.6. The van der Waals surface area contributed by atoms with Crippen LogP contribution in [0.3, 0.4) is 0 Å². The van der Waals surface area contributed by atoms with Crippen molar-refractivity contribution in [2.45, 2.75) is 6.67 Å². The Morgan fingerprint density at radius 3 is 2.68 bits per heavy atom. The van der Waals surface area contributed by atoms with Crippen molar-refractivity contribution in [1.82, 2.24) is 4.98 Å². The minimum absolute atomic E-state index is 0.0345. The molecule has 2 N–H and O–H groups in total. The maximum absolute atomic E-state index is 13.9. The zero-order valence-electron chi connectivity index (χ0n) is 11.3. The maximum atomic E-state index is 13.9. The van der Waals surface area contributed by atoms with E-state index in [1.165, 1.54) is 18.2 Å². The predicted octanol–water partition coefficient (Wildman–Crippen LogP) is 4.03. The monoisotopic (exact) mass is 346 g/mol. The minimum atomic E-state index is -1.10. The van der Waals surface area contributed by atoms with E-state index in [1.807, 2.05) is 0 Å². The number of anilines is 1. The highest BCUT2D eigenvalue weighted by atomic mass is 35.5. The van der Waals surface area contributed by atoms with E-state index in [4.69, 9.17) is 28.9 Å². The molecule has 0 aliphatic rings. The van der Waals surface area contributed by atoms with Crippen LogP contribution in [0, 0.1) is 5.82 Å². The van der Waals surface area contributed by atoms with E-state index in [2.05, 4.69) is 9.72 Å². The molecule has 1 heterocycles. The number of esters is 1. The van der Waals surface area contributed by atoms with Gasteiger partial charge >= 0.3 is 5.97 Å². The second kappa shape index (κ2) is 6.46. The van der Waals surface area contributed by atoms with Gasteiger partial charge in [-0.15, -0.1) is 0 Å². The topological polar surface area (TPSA) is 65.2 Å². The number of nitrogens with two attached hydrogens (primary N) is 1. The van der Waals surface area contributed by atoms with Gasteiger partial charge in [0, 0.05) is 11.1 Å². The number of halogens is 4. The summed E-state index contributed by atoms with van der Waals surface area (Å²) in [6, 6.07) is 3.96. The van der Waals surface area contributed by atoms with Crippen molar-refractivity contribution >= 4 is 34.9 Å². The predicted molar refractivity (Wildman–Crippen MR) is 80.2 cm³/mol. The molecule has 0 amide bonds. The van der Waals surface area contributed by atoms with Crippen LogP contribution in [0.15, 0.2) is 18.2 Å². The van der Waals surface area contributed by atoms with Crippen LogP contribution in [0.4, 0.5) is 14.5 Å². The Morgan fingerprint density at radius 2 is 2.09 bits per heavy atom. The van der Waals surface area contributed by atoms with Gasteiger partial charge in [-0.2, -0.15) is 0 Å². The fourth-order valence-electron chi connectivity index (χ4n) is 1.88. The number of nitrogens with zero attached hydrogens (tertiary/aromatic N) is 1. The summed E-state index contributed by atoms with van der Waals surface area (Å²) >= 11 is 11.5. The average molecular weight is 347 g/mol. The van der Waals surface area contributed by atoms with Crippen LogP contribution in [-0.2, 0) is 11.4 Å². The second-order valence-electron chi connectivity index (χ2n) is 4.27. The van der Waals surface area contributed by atoms with Crippen LogP contribution in [0.2, 0.25) is 10.0 Å². The number of alkyl halides is 1. The second-order valence-corrected chi connectivity index (χ2v) is 5.06. The van der Waals surface area contributed by atoms with E-state index in [0.717, 1.165) is 7.11 Å². The van der Waals surface area contributed by atoms with Crippen molar-refractivity contribution in [2.24, 2.45) is 0 Å². The summed E-state index contributed by atoms with van der Waals surface area (Å²) < 4.78 is 31.6. The largest absolute Gasteiger partial charge is 0.464 e. The molecule has 2 aromatic rings. The maximum Gasteiger partial charge on any atom is 0.358 e. The van der Waals surface area contributed by atoms with Gasteiger partial charge in [0.2, 0.25) is 0 Å². The lowest BCUT2D eigenvalue weighted by Crippen LogP contribution is -2.08. The van der Waals surface area contributed by atoms with Crippen molar-refractivity contribution < 1.29 is 18.3 Å². The fraction of sp³-hybridized carbons (Fsp3) is 0.143. The molecule has 0 fully saturated rings. The third kappa shape index (κ3) is 2.84. The Morgan fingerprint density at radius 1 is 1.41 bits per heavy atom. The van der Waals surface area contributed by atoms with Gasteiger partial charge in [0.25, 0.3) is 0 Å². The minimum Gasteiger partial charge on any atom is -0.464 e. The lowest BCUT2D eigenvalue weighted by molar-refractivity contribution is 0.0594. The molecule has 0 spiro atoms. The molecule has 0 unspecified atom stereocenters. The fourth-order valence-corrected chi connectivity index (χ4v) is 2.23. The summed E-state index contributed by atoms with van der Waals surface area (Å²) in [5.74, 6) is -1.70. The van der Waals surface area contributed by atoms with Gasteiger partial charge in [0.1, 0.15) is 12.5 Å². The van der Waals surface area contributed by atoms with Gasteiger partial charge in [-0.05, 0) is 12.1 Å². The van der Waals surface area contributed by atoms with Crippen LogP contribution in [0.25, 0.3) is 11.3 Å². The molecule has 0 aliphatic carbocycles. The van der Waals surface area contributed by atoms with Gasteiger partial charge in [0.15, 0.2) is 5.69 Å². The number of rotatable bonds is 3. The Hall–Kier alpha value is -1.92. The Labute approximate surface area is 134 Å². The molecule has 0 atom stereocenters. The van der Waals surface area contributed by atoms with Crippen molar-refractivity contribution in [3.8, 4) is 11.3 Å². The van der Waals surface area contributed by atoms with Crippen LogP contribution in [0.5, 0.6) is 0 Å². The van der Waals surface area contributed by atoms with Gasteiger partial charge in [-0.3, -0.25) is 0 Å². The number of ether oxygens (including phenoxy) is 1. The third-order valence-corrected chi connectivity index (χ3v) is 3.66. The van der Waals surface area contributed by atoms with E-state index in [9.17, 15) is 13.6 Å². The molecule has 22 heavy (non-hydrogen) atoms. The number of hydrogen-bond donors (Lipinski definition) is 1. The highest BCUT2D eigenvalue weighted by Crippen LogP contribution is 2.33. The lowest BCUT2D eigenvalue weighted by Gasteiger charge is -2.12. The lowest BCUT2D eigenvalue weighted by atomic mass is 10.0. The summed E-state index contributed by atoms with van der Waals surface area (Å²) in [6.07, 6.45) is 0. The molecule has 1 aromatic carbocycles. The number of carbonyl (C=O) groups excluding carboxylic acids is 1. The first-order chi connectivity index (χ1) is 10.4. The zero-order chi connectivity index (χ0) is 16.4. The Bertz CT molecular complexity index is 754. The molecule has 1 aromatic heterocycles. The van der Waals surface area contributed by atoms with E-state index < -0.39 is 18.5 Å². The number of pyridine rings is 1. The number of aromatic nitrogens is 1. The SMILES string of the molecule is COC(=O)c1nc(-c2ccc(Cl)c(F)c2CF)cc(N)c1Cl.